The van der Waals surface area contributed by atoms with E-state index in [0.717, 1.165) is 35.5 Å². The molecule has 0 atom stereocenters. The van der Waals surface area contributed by atoms with E-state index < -0.39 is 0 Å². The van der Waals surface area contributed by atoms with Gasteiger partial charge in [0, 0.05) is 11.8 Å². The lowest BCUT2D eigenvalue weighted by molar-refractivity contribution is 0.304. The molecule has 0 aliphatic rings. The molecular formula is C27H40N4O. The highest BCUT2D eigenvalue weighted by atomic mass is 16.5. The van der Waals surface area contributed by atoms with Gasteiger partial charge in [0.15, 0.2) is 0 Å². The topological polar surface area (TPSA) is 52.0 Å². The van der Waals surface area contributed by atoms with Crippen molar-refractivity contribution >= 4 is 16.7 Å². The molecule has 32 heavy (non-hydrogen) atoms. The van der Waals surface area contributed by atoms with Crippen molar-refractivity contribution in [1.82, 2.24) is 15.0 Å². The Labute approximate surface area is 193 Å². The van der Waals surface area contributed by atoms with Crippen LogP contribution in [0.1, 0.15) is 84.0 Å². The number of rotatable bonds is 17. The number of benzene rings is 2. The van der Waals surface area contributed by atoms with Crippen molar-refractivity contribution in [1.29, 1.82) is 0 Å². The van der Waals surface area contributed by atoms with Crippen LogP contribution >= 0.6 is 0 Å². The summed E-state index contributed by atoms with van der Waals surface area (Å²) in [5.41, 5.74) is 2.96. The molecule has 1 N–H and O–H groups in total. The van der Waals surface area contributed by atoms with Crippen molar-refractivity contribution in [3.63, 3.8) is 0 Å². The van der Waals surface area contributed by atoms with Crippen LogP contribution in [0, 0.1) is 0 Å². The van der Waals surface area contributed by atoms with E-state index >= 15 is 0 Å². The molecule has 3 rings (SSSR count). The fraction of sp³-hybridized carbons (Fsp3) is 0.556. The molecule has 0 bridgehead atoms. The van der Waals surface area contributed by atoms with Gasteiger partial charge in [0.25, 0.3) is 0 Å². The SMILES string of the molecule is CCCCCCCCCCCCCCOc1cccc(NCn2nnc3ccccc32)c1. The van der Waals surface area contributed by atoms with Crippen LogP contribution in [0.15, 0.2) is 48.5 Å². The molecule has 0 saturated heterocycles. The third kappa shape index (κ3) is 8.52. The van der Waals surface area contributed by atoms with Gasteiger partial charge in [-0.3, -0.25) is 0 Å². The number of para-hydroxylation sites is 1. The van der Waals surface area contributed by atoms with E-state index in [1.165, 1.54) is 70.6 Å². The number of ether oxygens (including phenoxy) is 1. The lowest BCUT2D eigenvalue weighted by atomic mass is 10.1. The quantitative estimate of drug-likeness (QED) is 0.222. The third-order valence-electron chi connectivity index (χ3n) is 5.95. The molecule has 5 heteroatoms. The smallest absolute Gasteiger partial charge is 0.121 e. The van der Waals surface area contributed by atoms with Crippen LogP contribution in [-0.2, 0) is 6.67 Å². The Morgan fingerprint density at radius 2 is 1.47 bits per heavy atom. The normalized spacial score (nSPS) is 11.2. The Kier molecular flexibility index (Phi) is 10.9. The maximum absolute atomic E-state index is 5.97. The van der Waals surface area contributed by atoms with Gasteiger partial charge in [0.2, 0.25) is 0 Å². The van der Waals surface area contributed by atoms with Gasteiger partial charge in [-0.25, -0.2) is 4.68 Å². The van der Waals surface area contributed by atoms with Crippen molar-refractivity contribution in [2.75, 3.05) is 11.9 Å². The molecule has 1 aromatic heterocycles. The summed E-state index contributed by atoms with van der Waals surface area (Å²) in [6.45, 7) is 3.64. The van der Waals surface area contributed by atoms with Crippen LogP contribution in [0.5, 0.6) is 5.75 Å². The Bertz CT molecular complexity index is 892. The van der Waals surface area contributed by atoms with Gasteiger partial charge >= 0.3 is 0 Å². The lowest BCUT2D eigenvalue weighted by Crippen LogP contribution is -2.09. The average Bonchev–Trinajstić information content (AvgIpc) is 3.24. The summed E-state index contributed by atoms with van der Waals surface area (Å²) in [5, 5.41) is 11.8. The third-order valence-corrected chi connectivity index (χ3v) is 5.95. The summed E-state index contributed by atoms with van der Waals surface area (Å²) in [6, 6.07) is 16.2. The molecule has 0 fully saturated rings. The molecule has 2 aromatic carbocycles. The van der Waals surface area contributed by atoms with Gasteiger partial charge in [0.1, 0.15) is 17.9 Å². The van der Waals surface area contributed by atoms with Crippen molar-refractivity contribution in [2.45, 2.75) is 90.6 Å². The molecule has 0 unspecified atom stereocenters. The zero-order chi connectivity index (χ0) is 22.3. The van der Waals surface area contributed by atoms with Crippen LogP contribution in [-0.4, -0.2) is 21.6 Å². The van der Waals surface area contributed by atoms with Gasteiger partial charge < -0.3 is 10.1 Å². The Morgan fingerprint density at radius 3 is 2.22 bits per heavy atom. The predicted molar refractivity (Wildman–Crippen MR) is 134 cm³/mol. The van der Waals surface area contributed by atoms with Crippen molar-refractivity contribution in [3.05, 3.63) is 48.5 Å². The Hall–Kier alpha value is -2.56. The summed E-state index contributed by atoms with van der Waals surface area (Å²) in [7, 11) is 0. The second kappa shape index (κ2) is 14.5. The van der Waals surface area contributed by atoms with Crippen LogP contribution in [0.25, 0.3) is 11.0 Å². The maximum Gasteiger partial charge on any atom is 0.121 e. The number of nitrogens with one attached hydrogen (secondary N) is 1. The Balaban J connectivity index is 1.24. The molecule has 0 aliphatic carbocycles. The van der Waals surface area contributed by atoms with Gasteiger partial charge in [-0.1, -0.05) is 101 Å². The number of aromatic nitrogens is 3. The molecular weight excluding hydrogens is 396 g/mol. The van der Waals surface area contributed by atoms with Crippen LogP contribution in [0.4, 0.5) is 5.69 Å². The van der Waals surface area contributed by atoms with Gasteiger partial charge in [-0.05, 0) is 30.7 Å². The number of hydrogen-bond donors (Lipinski definition) is 1. The maximum atomic E-state index is 5.97. The Morgan fingerprint density at radius 1 is 0.781 bits per heavy atom. The molecule has 0 amide bonds. The molecule has 0 radical (unpaired) electrons. The number of nitrogens with zero attached hydrogens (tertiary/aromatic N) is 3. The number of unbranched alkanes of at least 4 members (excludes halogenated alkanes) is 11. The van der Waals surface area contributed by atoms with Crippen molar-refractivity contribution in [2.24, 2.45) is 0 Å². The molecule has 5 nitrogen and oxygen atoms in total. The zero-order valence-electron chi connectivity index (χ0n) is 19.8. The molecule has 3 aromatic rings. The summed E-state index contributed by atoms with van der Waals surface area (Å²) >= 11 is 0. The van der Waals surface area contributed by atoms with E-state index in [4.69, 9.17) is 4.74 Å². The van der Waals surface area contributed by atoms with Crippen molar-refractivity contribution < 1.29 is 4.74 Å². The second-order valence-corrected chi connectivity index (χ2v) is 8.68. The van der Waals surface area contributed by atoms with Crippen LogP contribution < -0.4 is 10.1 Å². The first kappa shape index (κ1) is 24.1. The molecule has 0 spiro atoms. The van der Waals surface area contributed by atoms with Gasteiger partial charge in [-0.2, -0.15) is 0 Å². The van der Waals surface area contributed by atoms with E-state index in [9.17, 15) is 0 Å². The summed E-state index contributed by atoms with van der Waals surface area (Å²) < 4.78 is 7.84. The summed E-state index contributed by atoms with van der Waals surface area (Å²) in [6.07, 6.45) is 16.3. The molecule has 1 heterocycles. The number of anilines is 1. The van der Waals surface area contributed by atoms with E-state index in [-0.39, 0.29) is 0 Å². The van der Waals surface area contributed by atoms with E-state index in [0.29, 0.717) is 6.67 Å². The first-order valence-corrected chi connectivity index (χ1v) is 12.6. The average molecular weight is 437 g/mol. The minimum absolute atomic E-state index is 0.572. The minimum Gasteiger partial charge on any atom is -0.494 e. The highest BCUT2D eigenvalue weighted by molar-refractivity contribution is 5.73. The minimum atomic E-state index is 0.572. The molecule has 0 saturated carbocycles. The lowest BCUT2D eigenvalue weighted by Gasteiger charge is -2.10. The van der Waals surface area contributed by atoms with E-state index in [1.54, 1.807) is 0 Å². The van der Waals surface area contributed by atoms with Crippen LogP contribution in [0.2, 0.25) is 0 Å². The zero-order valence-corrected chi connectivity index (χ0v) is 19.8. The highest BCUT2D eigenvalue weighted by Crippen LogP contribution is 2.19. The summed E-state index contributed by atoms with van der Waals surface area (Å²) in [4.78, 5) is 0. The second-order valence-electron chi connectivity index (χ2n) is 8.68. The first-order valence-electron chi connectivity index (χ1n) is 12.6. The van der Waals surface area contributed by atoms with Gasteiger partial charge in [0.05, 0.1) is 12.1 Å². The van der Waals surface area contributed by atoms with Crippen LogP contribution in [0.3, 0.4) is 0 Å². The molecule has 0 aliphatic heterocycles. The first-order chi connectivity index (χ1) is 15.9. The standard InChI is InChI=1S/C27H40N4O/c1-2-3-4-5-6-7-8-9-10-11-12-15-21-32-25-18-16-17-24(22-25)28-23-31-27-20-14-13-19-26(27)29-30-31/h13-14,16-20,22,28H,2-12,15,21,23H2,1H3. The number of hydrogen-bond acceptors (Lipinski definition) is 4. The fourth-order valence-electron chi connectivity index (χ4n) is 4.03. The fourth-order valence-corrected chi connectivity index (χ4v) is 4.03. The van der Waals surface area contributed by atoms with Crippen molar-refractivity contribution in [3.8, 4) is 5.75 Å². The monoisotopic (exact) mass is 436 g/mol. The molecule has 174 valence electrons. The largest absolute Gasteiger partial charge is 0.494 e. The summed E-state index contributed by atoms with van der Waals surface area (Å²) in [5.74, 6) is 0.918. The number of fused-ring (bicyclic) bond motifs is 1. The predicted octanol–water partition coefficient (Wildman–Crippen LogP) is 7.58. The van der Waals surface area contributed by atoms with E-state index in [2.05, 4.69) is 34.7 Å². The van der Waals surface area contributed by atoms with Gasteiger partial charge in [-0.15, -0.1) is 5.10 Å². The van der Waals surface area contributed by atoms with E-state index in [1.807, 2.05) is 41.1 Å². The highest BCUT2D eigenvalue weighted by Gasteiger charge is 2.03.